The molecule has 0 fully saturated rings. The standard InChI is InChI=1S/C17H15Cl/c1-14-10-12-15(13-11-14)6-5-9-17(18)16-7-3-2-4-8-16/h2-13H,1H3/b6-5+,17-9-. The van der Waals surface area contributed by atoms with Gasteiger partial charge in [-0.05, 0) is 24.1 Å². The van der Waals surface area contributed by atoms with E-state index in [1.165, 1.54) is 11.1 Å². The lowest BCUT2D eigenvalue weighted by Crippen LogP contribution is -1.75. The van der Waals surface area contributed by atoms with Crippen molar-refractivity contribution in [2.75, 3.05) is 0 Å². The summed E-state index contributed by atoms with van der Waals surface area (Å²) in [6.45, 7) is 2.08. The minimum Gasteiger partial charge on any atom is -0.0837 e. The summed E-state index contributed by atoms with van der Waals surface area (Å²) in [7, 11) is 0. The molecule has 18 heavy (non-hydrogen) atoms. The van der Waals surface area contributed by atoms with Crippen molar-refractivity contribution in [2.45, 2.75) is 6.92 Å². The summed E-state index contributed by atoms with van der Waals surface area (Å²) in [6, 6.07) is 18.3. The highest BCUT2D eigenvalue weighted by atomic mass is 35.5. The molecule has 0 aromatic heterocycles. The van der Waals surface area contributed by atoms with Crippen LogP contribution in [-0.4, -0.2) is 0 Å². The summed E-state index contributed by atoms with van der Waals surface area (Å²) < 4.78 is 0. The first-order valence-electron chi connectivity index (χ1n) is 5.92. The topological polar surface area (TPSA) is 0 Å². The maximum absolute atomic E-state index is 6.21. The Morgan fingerprint density at radius 3 is 2.28 bits per heavy atom. The maximum Gasteiger partial charge on any atom is 0.0478 e. The Bertz CT molecular complexity index is 548. The van der Waals surface area contributed by atoms with Crippen LogP contribution in [0, 0.1) is 6.92 Å². The lowest BCUT2D eigenvalue weighted by Gasteiger charge is -1.96. The van der Waals surface area contributed by atoms with E-state index < -0.39 is 0 Å². The second-order valence-corrected chi connectivity index (χ2v) is 4.56. The lowest BCUT2D eigenvalue weighted by atomic mass is 10.1. The van der Waals surface area contributed by atoms with Gasteiger partial charge in [-0.3, -0.25) is 0 Å². The van der Waals surface area contributed by atoms with Crippen molar-refractivity contribution in [3.63, 3.8) is 0 Å². The molecule has 90 valence electrons. The maximum atomic E-state index is 6.21. The van der Waals surface area contributed by atoms with Crippen molar-refractivity contribution in [3.05, 3.63) is 83.4 Å². The fourth-order valence-corrected chi connectivity index (χ4v) is 1.81. The van der Waals surface area contributed by atoms with Gasteiger partial charge < -0.3 is 0 Å². The molecule has 0 saturated carbocycles. The van der Waals surface area contributed by atoms with Crippen molar-refractivity contribution < 1.29 is 0 Å². The fourth-order valence-electron chi connectivity index (χ4n) is 1.61. The Hall–Kier alpha value is -1.79. The Kier molecular flexibility index (Phi) is 4.38. The van der Waals surface area contributed by atoms with Crippen LogP contribution in [-0.2, 0) is 0 Å². The number of allylic oxidation sites excluding steroid dienone is 2. The summed E-state index contributed by atoms with van der Waals surface area (Å²) >= 11 is 6.21. The van der Waals surface area contributed by atoms with Gasteiger partial charge in [0, 0.05) is 5.03 Å². The van der Waals surface area contributed by atoms with Gasteiger partial charge in [0.25, 0.3) is 0 Å². The number of benzene rings is 2. The van der Waals surface area contributed by atoms with Gasteiger partial charge >= 0.3 is 0 Å². The molecule has 0 N–H and O–H groups in total. The Morgan fingerprint density at radius 2 is 1.61 bits per heavy atom. The van der Waals surface area contributed by atoms with Crippen LogP contribution < -0.4 is 0 Å². The molecule has 0 saturated heterocycles. The first-order chi connectivity index (χ1) is 8.75. The Balaban J connectivity index is 2.08. The van der Waals surface area contributed by atoms with Gasteiger partial charge in [0.1, 0.15) is 0 Å². The van der Waals surface area contributed by atoms with E-state index in [2.05, 4.69) is 31.2 Å². The van der Waals surface area contributed by atoms with E-state index in [-0.39, 0.29) is 0 Å². The largest absolute Gasteiger partial charge is 0.0837 e. The smallest absolute Gasteiger partial charge is 0.0478 e. The minimum absolute atomic E-state index is 0.749. The quantitative estimate of drug-likeness (QED) is 0.653. The lowest BCUT2D eigenvalue weighted by molar-refractivity contribution is 1.46. The van der Waals surface area contributed by atoms with Crippen LogP contribution in [0.25, 0.3) is 11.1 Å². The SMILES string of the molecule is Cc1ccc(/C=C/C=C(\Cl)c2ccccc2)cc1. The van der Waals surface area contributed by atoms with Gasteiger partial charge in [0.05, 0.1) is 0 Å². The third-order valence-corrected chi connectivity index (χ3v) is 3.00. The molecule has 0 heterocycles. The number of halogens is 1. The average molecular weight is 255 g/mol. The molecule has 0 aliphatic heterocycles. The van der Waals surface area contributed by atoms with E-state index in [9.17, 15) is 0 Å². The molecule has 0 aliphatic rings. The van der Waals surface area contributed by atoms with Gasteiger partial charge in [-0.25, -0.2) is 0 Å². The van der Waals surface area contributed by atoms with E-state index >= 15 is 0 Å². The molecule has 0 nitrogen and oxygen atoms in total. The van der Waals surface area contributed by atoms with E-state index in [0.29, 0.717) is 0 Å². The molecule has 0 atom stereocenters. The van der Waals surface area contributed by atoms with E-state index in [0.717, 1.165) is 10.6 Å². The zero-order valence-electron chi connectivity index (χ0n) is 10.3. The van der Waals surface area contributed by atoms with Crippen LogP contribution in [0.15, 0.2) is 66.7 Å². The van der Waals surface area contributed by atoms with Crippen LogP contribution in [0.3, 0.4) is 0 Å². The predicted octanol–water partition coefficient (Wildman–Crippen LogP) is 5.29. The minimum atomic E-state index is 0.749. The fraction of sp³-hybridized carbons (Fsp3) is 0.0588. The van der Waals surface area contributed by atoms with Crippen LogP contribution in [0.2, 0.25) is 0 Å². The highest BCUT2D eigenvalue weighted by Gasteiger charge is 1.93. The highest BCUT2D eigenvalue weighted by Crippen LogP contribution is 2.18. The molecule has 2 rings (SSSR count). The van der Waals surface area contributed by atoms with E-state index in [4.69, 9.17) is 11.6 Å². The second-order valence-electron chi connectivity index (χ2n) is 4.15. The van der Waals surface area contributed by atoms with Crippen LogP contribution >= 0.6 is 11.6 Å². The van der Waals surface area contributed by atoms with Gasteiger partial charge in [-0.1, -0.05) is 83.9 Å². The summed E-state index contributed by atoms with van der Waals surface area (Å²) in [5, 5.41) is 0.749. The van der Waals surface area contributed by atoms with E-state index in [1.54, 1.807) is 0 Å². The number of hydrogen-bond donors (Lipinski definition) is 0. The summed E-state index contributed by atoms with van der Waals surface area (Å²) in [5.74, 6) is 0. The monoisotopic (exact) mass is 254 g/mol. The first kappa shape index (κ1) is 12.7. The zero-order chi connectivity index (χ0) is 12.8. The molecule has 0 radical (unpaired) electrons. The molecule has 2 aromatic carbocycles. The molecule has 0 bridgehead atoms. The van der Waals surface area contributed by atoms with Crippen LogP contribution in [0.5, 0.6) is 0 Å². The molecular formula is C17H15Cl. The van der Waals surface area contributed by atoms with Crippen LogP contribution in [0.4, 0.5) is 0 Å². The Morgan fingerprint density at radius 1 is 0.944 bits per heavy atom. The van der Waals surface area contributed by atoms with E-state index in [1.807, 2.05) is 48.6 Å². The Labute approximate surface area is 113 Å². The normalized spacial score (nSPS) is 12.0. The summed E-state index contributed by atoms with van der Waals surface area (Å²) in [5.41, 5.74) is 3.48. The highest BCUT2D eigenvalue weighted by molar-refractivity contribution is 6.48. The van der Waals surface area contributed by atoms with Crippen molar-refractivity contribution in [1.29, 1.82) is 0 Å². The molecule has 0 spiro atoms. The van der Waals surface area contributed by atoms with Gasteiger partial charge in [-0.2, -0.15) is 0 Å². The molecule has 0 unspecified atom stereocenters. The molecule has 0 aliphatic carbocycles. The average Bonchev–Trinajstić information content (AvgIpc) is 2.42. The zero-order valence-corrected chi connectivity index (χ0v) is 11.1. The van der Waals surface area contributed by atoms with Crippen molar-refractivity contribution in [3.8, 4) is 0 Å². The number of rotatable bonds is 3. The third-order valence-electron chi connectivity index (χ3n) is 2.66. The van der Waals surface area contributed by atoms with Crippen molar-refractivity contribution in [1.82, 2.24) is 0 Å². The second kappa shape index (κ2) is 6.23. The van der Waals surface area contributed by atoms with Gasteiger partial charge in [0.2, 0.25) is 0 Å². The molecular weight excluding hydrogens is 240 g/mol. The van der Waals surface area contributed by atoms with Crippen molar-refractivity contribution >= 4 is 22.7 Å². The third kappa shape index (κ3) is 3.61. The number of hydrogen-bond acceptors (Lipinski definition) is 0. The summed E-state index contributed by atoms with van der Waals surface area (Å²) in [6.07, 6.45) is 5.93. The first-order valence-corrected chi connectivity index (χ1v) is 6.29. The molecule has 1 heteroatoms. The van der Waals surface area contributed by atoms with Crippen molar-refractivity contribution in [2.24, 2.45) is 0 Å². The number of aryl methyl sites for hydroxylation is 1. The summed E-state index contributed by atoms with van der Waals surface area (Å²) in [4.78, 5) is 0. The molecule has 2 aromatic rings. The van der Waals surface area contributed by atoms with Crippen LogP contribution in [0.1, 0.15) is 16.7 Å². The molecule has 0 amide bonds. The predicted molar refractivity (Wildman–Crippen MR) is 80.5 cm³/mol. The van der Waals surface area contributed by atoms with Gasteiger partial charge in [0.15, 0.2) is 0 Å². The van der Waals surface area contributed by atoms with Gasteiger partial charge in [-0.15, -0.1) is 0 Å².